The second-order valence-electron chi connectivity index (χ2n) is 8.22. The smallest absolute Gasteiger partial charge is 0.408 e. The number of H-pyrrole nitrogens is 1. The fourth-order valence-electron chi connectivity index (χ4n) is 3.71. The molecule has 8 nitrogen and oxygen atoms in total. The molecule has 2 aromatic carbocycles. The minimum absolute atomic E-state index is 0.0901. The van der Waals surface area contributed by atoms with E-state index in [4.69, 9.17) is 9.47 Å². The van der Waals surface area contributed by atoms with E-state index in [2.05, 4.69) is 15.6 Å². The molecule has 3 aromatic rings. The van der Waals surface area contributed by atoms with E-state index in [9.17, 15) is 14.4 Å². The molecule has 0 aliphatic carbocycles. The van der Waals surface area contributed by atoms with Gasteiger partial charge in [-0.1, -0.05) is 68.8 Å². The van der Waals surface area contributed by atoms with Gasteiger partial charge in [0.2, 0.25) is 5.91 Å². The summed E-state index contributed by atoms with van der Waals surface area (Å²) in [6, 6.07) is 15.2. The molecule has 0 bridgehead atoms. The van der Waals surface area contributed by atoms with Crippen LogP contribution in [0.4, 0.5) is 4.79 Å². The van der Waals surface area contributed by atoms with Crippen LogP contribution in [0.5, 0.6) is 0 Å². The molecule has 0 spiro atoms. The summed E-state index contributed by atoms with van der Waals surface area (Å²) in [5.41, 5.74) is 2.65. The number of hydrogen-bond acceptors (Lipinski definition) is 5. The SMILES string of the molecule is CC[C@H](C)[C@H](NC(=O)OCc1ccccc1)C(=O)N[C@@H](Cc1c[nH]c2ccccc12)C(=O)OC. The van der Waals surface area contributed by atoms with Crippen LogP contribution in [0.3, 0.4) is 0 Å². The van der Waals surface area contributed by atoms with Crippen LogP contribution >= 0.6 is 0 Å². The number of benzene rings is 2. The van der Waals surface area contributed by atoms with E-state index in [-0.39, 0.29) is 18.9 Å². The van der Waals surface area contributed by atoms with Crippen LogP contribution in [0, 0.1) is 5.92 Å². The summed E-state index contributed by atoms with van der Waals surface area (Å²) in [4.78, 5) is 41.3. The number of aromatic amines is 1. The number of hydrogen-bond donors (Lipinski definition) is 3. The van der Waals surface area contributed by atoms with Crippen molar-refractivity contribution in [2.45, 2.75) is 45.4 Å². The Morgan fingerprint density at radius 3 is 2.41 bits per heavy atom. The van der Waals surface area contributed by atoms with Crippen molar-refractivity contribution in [2.24, 2.45) is 5.92 Å². The Balaban J connectivity index is 1.69. The molecule has 0 fully saturated rings. The van der Waals surface area contributed by atoms with E-state index in [1.807, 2.05) is 74.6 Å². The van der Waals surface area contributed by atoms with E-state index in [1.165, 1.54) is 7.11 Å². The van der Waals surface area contributed by atoms with Gasteiger partial charge in [-0.15, -0.1) is 0 Å². The lowest BCUT2D eigenvalue weighted by Crippen LogP contribution is -2.54. The second-order valence-corrected chi connectivity index (χ2v) is 8.22. The third-order valence-corrected chi connectivity index (χ3v) is 5.88. The van der Waals surface area contributed by atoms with Crippen molar-refractivity contribution in [2.75, 3.05) is 7.11 Å². The first kappa shape index (κ1) is 24.8. The van der Waals surface area contributed by atoms with Crippen molar-refractivity contribution in [3.63, 3.8) is 0 Å². The van der Waals surface area contributed by atoms with Crippen LogP contribution in [-0.4, -0.2) is 42.1 Å². The molecule has 0 saturated heterocycles. The largest absolute Gasteiger partial charge is 0.467 e. The third kappa shape index (κ3) is 6.37. The molecule has 0 aliphatic rings. The number of carbonyl (C=O) groups is 3. The van der Waals surface area contributed by atoms with Gasteiger partial charge < -0.3 is 25.1 Å². The van der Waals surface area contributed by atoms with E-state index >= 15 is 0 Å². The lowest BCUT2D eigenvalue weighted by atomic mass is 9.97. The average Bonchev–Trinajstić information content (AvgIpc) is 3.28. The van der Waals surface area contributed by atoms with Gasteiger partial charge in [-0.05, 0) is 23.1 Å². The van der Waals surface area contributed by atoms with E-state index in [1.54, 1.807) is 0 Å². The maximum Gasteiger partial charge on any atom is 0.408 e. The number of carbonyl (C=O) groups excluding carboxylic acids is 3. The standard InChI is InChI=1S/C26H31N3O5/c1-4-17(2)23(29-26(32)34-16-18-10-6-5-7-11-18)24(30)28-22(25(31)33-3)14-19-15-27-21-13-9-8-12-20(19)21/h5-13,15,17,22-23,27H,4,14,16H2,1-3H3,(H,28,30)(H,29,32)/t17-,22-,23-/m0/s1. The molecule has 0 radical (unpaired) electrons. The highest BCUT2D eigenvalue weighted by atomic mass is 16.5. The molecule has 8 heteroatoms. The number of esters is 1. The summed E-state index contributed by atoms with van der Waals surface area (Å²) in [6.45, 7) is 3.87. The van der Waals surface area contributed by atoms with Crippen LogP contribution in [0.25, 0.3) is 10.9 Å². The Hall–Kier alpha value is -3.81. The van der Waals surface area contributed by atoms with Gasteiger partial charge in [-0.25, -0.2) is 9.59 Å². The van der Waals surface area contributed by atoms with Crippen molar-refractivity contribution in [1.29, 1.82) is 0 Å². The Kier molecular flexibility index (Phi) is 8.67. The minimum Gasteiger partial charge on any atom is -0.467 e. The average molecular weight is 466 g/mol. The van der Waals surface area contributed by atoms with Gasteiger partial charge in [-0.2, -0.15) is 0 Å². The number of methoxy groups -OCH3 is 1. The van der Waals surface area contributed by atoms with E-state index in [0.717, 1.165) is 22.0 Å². The number of amides is 2. The van der Waals surface area contributed by atoms with Crippen molar-refractivity contribution in [1.82, 2.24) is 15.6 Å². The lowest BCUT2D eigenvalue weighted by molar-refractivity contribution is -0.145. The van der Waals surface area contributed by atoms with Gasteiger partial charge in [0.25, 0.3) is 0 Å². The predicted molar refractivity (Wildman–Crippen MR) is 129 cm³/mol. The summed E-state index contributed by atoms with van der Waals surface area (Å²) >= 11 is 0. The summed E-state index contributed by atoms with van der Waals surface area (Å²) < 4.78 is 10.2. The van der Waals surface area contributed by atoms with Crippen LogP contribution in [0.15, 0.2) is 60.8 Å². The Morgan fingerprint density at radius 2 is 1.71 bits per heavy atom. The molecule has 3 N–H and O–H groups in total. The molecular formula is C26H31N3O5. The number of aromatic nitrogens is 1. The first-order valence-corrected chi connectivity index (χ1v) is 11.3. The van der Waals surface area contributed by atoms with E-state index < -0.39 is 30.1 Å². The van der Waals surface area contributed by atoms with Crippen molar-refractivity contribution in [3.05, 3.63) is 71.9 Å². The fraction of sp³-hybridized carbons (Fsp3) is 0.346. The van der Waals surface area contributed by atoms with Crippen LogP contribution in [-0.2, 0) is 32.1 Å². The monoisotopic (exact) mass is 465 g/mol. The normalized spacial score (nSPS) is 13.5. The predicted octanol–water partition coefficient (Wildman–Crippen LogP) is 3.71. The Labute approximate surface area is 199 Å². The molecule has 180 valence electrons. The molecule has 34 heavy (non-hydrogen) atoms. The maximum absolute atomic E-state index is 13.2. The number of fused-ring (bicyclic) bond motifs is 1. The molecule has 2 amide bonds. The van der Waals surface area contributed by atoms with Crippen molar-refractivity contribution in [3.8, 4) is 0 Å². The maximum atomic E-state index is 13.2. The van der Waals surface area contributed by atoms with Crippen molar-refractivity contribution >= 4 is 28.9 Å². The highest BCUT2D eigenvalue weighted by Gasteiger charge is 2.31. The van der Waals surface area contributed by atoms with Gasteiger partial charge in [0, 0.05) is 23.5 Å². The number of nitrogens with one attached hydrogen (secondary N) is 3. The molecule has 0 aliphatic heterocycles. The van der Waals surface area contributed by atoms with Gasteiger partial charge in [0.05, 0.1) is 7.11 Å². The Bertz CT molecular complexity index is 1110. The molecule has 3 atom stereocenters. The second kappa shape index (κ2) is 11.9. The van der Waals surface area contributed by atoms with Gasteiger partial charge in [0.15, 0.2) is 0 Å². The topological polar surface area (TPSA) is 110 Å². The summed E-state index contributed by atoms with van der Waals surface area (Å²) in [5, 5.41) is 6.39. The molecule has 1 heterocycles. The zero-order valence-electron chi connectivity index (χ0n) is 19.7. The molecule has 1 aromatic heterocycles. The zero-order valence-corrected chi connectivity index (χ0v) is 19.7. The van der Waals surface area contributed by atoms with Crippen molar-refractivity contribution < 1.29 is 23.9 Å². The summed E-state index contributed by atoms with van der Waals surface area (Å²) in [5.74, 6) is -1.22. The highest BCUT2D eigenvalue weighted by molar-refractivity contribution is 5.91. The number of ether oxygens (including phenoxy) is 2. The fourth-order valence-corrected chi connectivity index (χ4v) is 3.71. The number of alkyl carbamates (subject to hydrolysis) is 1. The number of rotatable bonds is 10. The first-order valence-electron chi connectivity index (χ1n) is 11.3. The van der Waals surface area contributed by atoms with Gasteiger partial charge in [-0.3, -0.25) is 4.79 Å². The van der Waals surface area contributed by atoms with Crippen LogP contribution in [0.2, 0.25) is 0 Å². The van der Waals surface area contributed by atoms with Crippen LogP contribution in [0.1, 0.15) is 31.4 Å². The quantitative estimate of drug-likeness (QED) is 0.396. The summed E-state index contributed by atoms with van der Waals surface area (Å²) in [7, 11) is 1.28. The third-order valence-electron chi connectivity index (χ3n) is 5.88. The molecule has 0 saturated carbocycles. The zero-order chi connectivity index (χ0) is 24.5. The van der Waals surface area contributed by atoms with Gasteiger partial charge >= 0.3 is 12.1 Å². The summed E-state index contributed by atoms with van der Waals surface area (Å²) in [6.07, 6.45) is 2.00. The van der Waals surface area contributed by atoms with E-state index in [0.29, 0.717) is 6.42 Å². The van der Waals surface area contributed by atoms with Gasteiger partial charge in [0.1, 0.15) is 18.7 Å². The minimum atomic E-state index is -0.912. The van der Waals surface area contributed by atoms with Crippen LogP contribution < -0.4 is 10.6 Å². The first-order chi connectivity index (χ1) is 16.4. The lowest BCUT2D eigenvalue weighted by Gasteiger charge is -2.25. The molecule has 0 unspecified atom stereocenters. The molecule has 3 rings (SSSR count). The number of para-hydroxylation sites is 1. The molecular weight excluding hydrogens is 434 g/mol. The highest BCUT2D eigenvalue weighted by Crippen LogP contribution is 2.20. The Morgan fingerprint density at radius 1 is 1.00 bits per heavy atom.